The van der Waals surface area contributed by atoms with E-state index in [1.165, 1.54) is 6.42 Å². The van der Waals surface area contributed by atoms with Crippen molar-refractivity contribution in [1.82, 2.24) is 15.5 Å². The number of hydrogen-bond donors (Lipinski definition) is 3. The molecule has 2 saturated heterocycles. The van der Waals surface area contributed by atoms with Crippen LogP contribution in [0, 0.1) is 5.41 Å². The molecule has 2 heterocycles. The lowest BCUT2D eigenvalue weighted by Crippen LogP contribution is -2.50. The van der Waals surface area contributed by atoms with E-state index in [0.717, 1.165) is 25.9 Å². The Balaban J connectivity index is 1.83. The molecule has 3 N–H and O–H groups in total. The number of carboxylic acids is 1. The summed E-state index contributed by atoms with van der Waals surface area (Å²) in [6.07, 6.45) is 4.37. The van der Waals surface area contributed by atoms with Crippen molar-refractivity contribution in [3.8, 4) is 0 Å². The predicted molar refractivity (Wildman–Crippen MR) is 80.2 cm³/mol. The van der Waals surface area contributed by atoms with Gasteiger partial charge in [-0.15, -0.1) is 0 Å². The van der Waals surface area contributed by atoms with Crippen molar-refractivity contribution in [3.63, 3.8) is 0 Å². The molecular weight excluding hydrogens is 270 g/mol. The van der Waals surface area contributed by atoms with Crippen molar-refractivity contribution in [2.24, 2.45) is 5.41 Å². The number of nitrogens with zero attached hydrogens (tertiary/aromatic N) is 1. The van der Waals surface area contributed by atoms with E-state index in [9.17, 15) is 14.7 Å². The van der Waals surface area contributed by atoms with Gasteiger partial charge in [0.05, 0.1) is 5.41 Å². The highest BCUT2D eigenvalue weighted by Gasteiger charge is 2.39. The molecule has 0 aromatic rings. The van der Waals surface area contributed by atoms with Gasteiger partial charge in [-0.3, -0.25) is 9.69 Å². The first kappa shape index (κ1) is 16.1. The fourth-order valence-electron chi connectivity index (χ4n) is 3.60. The van der Waals surface area contributed by atoms with Crippen molar-refractivity contribution < 1.29 is 14.7 Å². The number of urea groups is 1. The van der Waals surface area contributed by atoms with Crippen LogP contribution in [-0.4, -0.2) is 53.7 Å². The van der Waals surface area contributed by atoms with Gasteiger partial charge in [-0.1, -0.05) is 13.8 Å². The van der Waals surface area contributed by atoms with Crippen LogP contribution < -0.4 is 10.6 Å². The van der Waals surface area contributed by atoms with Crippen LogP contribution in [0.15, 0.2) is 0 Å². The maximum absolute atomic E-state index is 12.1. The number of hydrogen-bond acceptors (Lipinski definition) is 3. The van der Waals surface area contributed by atoms with Gasteiger partial charge in [0.2, 0.25) is 0 Å². The Kier molecular flexibility index (Phi) is 5.08. The van der Waals surface area contributed by atoms with Gasteiger partial charge < -0.3 is 15.7 Å². The normalized spacial score (nSPS) is 25.6. The van der Waals surface area contributed by atoms with E-state index in [1.807, 2.05) is 13.8 Å². The van der Waals surface area contributed by atoms with E-state index in [-0.39, 0.29) is 18.6 Å². The SMILES string of the molecule is CCC(CC)(CNC(=O)NC1CCN2CCCC12)C(=O)O. The summed E-state index contributed by atoms with van der Waals surface area (Å²) >= 11 is 0. The third kappa shape index (κ3) is 3.31. The zero-order valence-electron chi connectivity index (χ0n) is 13.0. The number of amides is 2. The van der Waals surface area contributed by atoms with Crippen LogP contribution in [0.2, 0.25) is 0 Å². The van der Waals surface area contributed by atoms with Crippen molar-refractivity contribution in [3.05, 3.63) is 0 Å². The summed E-state index contributed by atoms with van der Waals surface area (Å²) in [4.78, 5) is 25.9. The smallest absolute Gasteiger partial charge is 0.315 e. The average molecular weight is 297 g/mol. The molecule has 2 fully saturated rings. The Morgan fingerprint density at radius 3 is 2.57 bits per heavy atom. The Morgan fingerprint density at radius 1 is 1.24 bits per heavy atom. The number of rotatable bonds is 6. The molecule has 2 atom stereocenters. The van der Waals surface area contributed by atoms with E-state index in [0.29, 0.717) is 18.9 Å². The molecule has 6 heteroatoms. The van der Waals surface area contributed by atoms with Crippen LogP contribution in [0.1, 0.15) is 46.0 Å². The molecule has 2 aliphatic heterocycles. The minimum atomic E-state index is -0.855. The van der Waals surface area contributed by atoms with E-state index >= 15 is 0 Å². The Hall–Kier alpha value is -1.30. The number of aliphatic carboxylic acids is 1. The van der Waals surface area contributed by atoms with Crippen molar-refractivity contribution in [2.45, 2.75) is 58.0 Å². The first-order valence-corrected chi connectivity index (χ1v) is 8.04. The summed E-state index contributed by atoms with van der Waals surface area (Å²) in [6.45, 7) is 6.08. The highest BCUT2D eigenvalue weighted by atomic mass is 16.4. The summed E-state index contributed by atoms with van der Waals surface area (Å²) in [5, 5.41) is 15.2. The zero-order valence-corrected chi connectivity index (χ0v) is 13.0. The Bertz CT molecular complexity index is 396. The molecule has 21 heavy (non-hydrogen) atoms. The molecule has 0 saturated carbocycles. The van der Waals surface area contributed by atoms with Gasteiger partial charge in [0, 0.05) is 25.2 Å². The molecule has 0 radical (unpaired) electrons. The molecule has 2 amide bonds. The van der Waals surface area contributed by atoms with Crippen LogP contribution in [0.5, 0.6) is 0 Å². The summed E-state index contributed by atoms with van der Waals surface area (Å²) in [5.74, 6) is -0.837. The summed E-state index contributed by atoms with van der Waals surface area (Å²) in [5.41, 5.74) is -0.855. The fourth-order valence-corrected chi connectivity index (χ4v) is 3.60. The molecule has 2 aliphatic rings. The molecule has 2 unspecified atom stereocenters. The van der Waals surface area contributed by atoms with Gasteiger partial charge in [0.25, 0.3) is 0 Å². The fraction of sp³-hybridized carbons (Fsp3) is 0.867. The number of nitrogens with one attached hydrogen (secondary N) is 2. The maximum Gasteiger partial charge on any atom is 0.315 e. The molecular formula is C15H27N3O3. The first-order valence-electron chi connectivity index (χ1n) is 8.04. The van der Waals surface area contributed by atoms with Gasteiger partial charge in [0.1, 0.15) is 0 Å². The van der Waals surface area contributed by atoms with Gasteiger partial charge in [-0.05, 0) is 38.6 Å². The highest BCUT2D eigenvalue weighted by molar-refractivity contribution is 5.78. The molecule has 0 aromatic carbocycles. The summed E-state index contributed by atoms with van der Waals surface area (Å²) in [6, 6.07) is 0.439. The standard InChI is InChI=1S/C15H27N3O3/c1-3-15(4-2,13(19)20)10-16-14(21)17-11-7-9-18-8-5-6-12(11)18/h11-12H,3-10H2,1-2H3,(H,19,20)(H2,16,17,21). The number of carbonyl (C=O) groups is 2. The minimum absolute atomic E-state index is 0.183. The number of carbonyl (C=O) groups excluding carboxylic acids is 1. The van der Waals surface area contributed by atoms with Crippen LogP contribution in [-0.2, 0) is 4.79 Å². The van der Waals surface area contributed by atoms with Gasteiger partial charge in [0.15, 0.2) is 0 Å². The van der Waals surface area contributed by atoms with Crippen LogP contribution in [0.3, 0.4) is 0 Å². The largest absolute Gasteiger partial charge is 0.481 e. The molecule has 6 nitrogen and oxygen atoms in total. The second kappa shape index (κ2) is 6.64. The number of fused-ring (bicyclic) bond motifs is 1. The van der Waals surface area contributed by atoms with E-state index < -0.39 is 11.4 Å². The lowest BCUT2D eigenvalue weighted by Gasteiger charge is -2.28. The summed E-state index contributed by atoms with van der Waals surface area (Å²) < 4.78 is 0. The molecule has 0 bridgehead atoms. The quantitative estimate of drug-likeness (QED) is 0.692. The molecule has 0 spiro atoms. The first-order chi connectivity index (χ1) is 10.0. The van der Waals surface area contributed by atoms with Gasteiger partial charge in [-0.25, -0.2) is 4.79 Å². The predicted octanol–water partition coefficient (Wildman–Crippen LogP) is 1.41. The Morgan fingerprint density at radius 2 is 1.95 bits per heavy atom. The lowest BCUT2D eigenvalue weighted by atomic mass is 9.82. The topological polar surface area (TPSA) is 81.7 Å². The van der Waals surface area contributed by atoms with E-state index in [4.69, 9.17) is 0 Å². The minimum Gasteiger partial charge on any atom is -0.481 e. The highest BCUT2D eigenvalue weighted by Crippen LogP contribution is 2.28. The van der Waals surface area contributed by atoms with Crippen LogP contribution in [0.4, 0.5) is 4.79 Å². The van der Waals surface area contributed by atoms with Crippen LogP contribution in [0.25, 0.3) is 0 Å². The van der Waals surface area contributed by atoms with Gasteiger partial charge in [-0.2, -0.15) is 0 Å². The zero-order chi connectivity index (χ0) is 15.5. The van der Waals surface area contributed by atoms with E-state index in [1.54, 1.807) is 0 Å². The third-order valence-electron chi connectivity index (χ3n) is 5.32. The molecule has 0 aromatic heterocycles. The van der Waals surface area contributed by atoms with Gasteiger partial charge >= 0.3 is 12.0 Å². The molecule has 0 aliphatic carbocycles. The van der Waals surface area contributed by atoms with E-state index in [2.05, 4.69) is 15.5 Å². The summed E-state index contributed by atoms with van der Waals surface area (Å²) in [7, 11) is 0. The van der Waals surface area contributed by atoms with Crippen LogP contribution >= 0.6 is 0 Å². The average Bonchev–Trinajstić information content (AvgIpc) is 3.05. The second-order valence-corrected chi connectivity index (χ2v) is 6.26. The monoisotopic (exact) mass is 297 g/mol. The third-order valence-corrected chi connectivity index (χ3v) is 5.32. The van der Waals surface area contributed by atoms with Crippen molar-refractivity contribution in [1.29, 1.82) is 0 Å². The molecule has 120 valence electrons. The van der Waals surface area contributed by atoms with Crippen molar-refractivity contribution >= 4 is 12.0 Å². The Labute approximate surface area is 126 Å². The lowest BCUT2D eigenvalue weighted by molar-refractivity contribution is -0.149. The number of carboxylic acid groups (broad SMARTS) is 1. The van der Waals surface area contributed by atoms with Crippen molar-refractivity contribution in [2.75, 3.05) is 19.6 Å². The maximum atomic E-state index is 12.1. The second-order valence-electron chi connectivity index (χ2n) is 6.26. The molecule has 2 rings (SSSR count).